The number of piperazine rings is 1. The van der Waals surface area contributed by atoms with Gasteiger partial charge in [0.15, 0.2) is 10.0 Å². The standard InChI is InChI=1S/C22H26F3N7O4S2/c1-13-7-30(8-14-9-35-3-2-31(13)14)18-5-15(38(33,34)29-22(10-23)11-36-12-22)4-17-16(6-26-32(17)18)20-27-28-21(37-20)19(24)25/h4-6,13-14,19,29H,2-3,7-12H2,1H3/t13-,14+/m0/s1. The molecule has 16 heteroatoms. The van der Waals surface area contributed by atoms with E-state index in [0.717, 1.165) is 6.54 Å². The average molecular weight is 574 g/mol. The molecule has 0 aromatic carbocycles. The minimum atomic E-state index is -4.19. The second-order valence-corrected chi connectivity index (χ2v) is 12.6. The van der Waals surface area contributed by atoms with Crippen LogP contribution in [0.2, 0.25) is 0 Å². The van der Waals surface area contributed by atoms with Crippen molar-refractivity contribution in [2.45, 2.75) is 35.9 Å². The van der Waals surface area contributed by atoms with Crippen LogP contribution in [0, 0.1) is 0 Å². The van der Waals surface area contributed by atoms with Gasteiger partial charge in [0.2, 0.25) is 10.0 Å². The predicted octanol–water partition coefficient (Wildman–Crippen LogP) is 1.72. The molecule has 3 saturated heterocycles. The quantitative estimate of drug-likeness (QED) is 0.451. The molecule has 38 heavy (non-hydrogen) atoms. The molecule has 0 spiro atoms. The van der Waals surface area contributed by atoms with Gasteiger partial charge in [-0.1, -0.05) is 11.3 Å². The molecule has 1 N–H and O–H groups in total. The van der Waals surface area contributed by atoms with Crippen LogP contribution in [0.5, 0.6) is 0 Å². The lowest BCUT2D eigenvalue weighted by Crippen LogP contribution is -2.63. The van der Waals surface area contributed by atoms with Crippen molar-refractivity contribution in [3.63, 3.8) is 0 Å². The third-order valence-corrected chi connectivity index (χ3v) is 9.71. The maximum Gasteiger partial charge on any atom is 0.291 e. The Bertz CT molecular complexity index is 1440. The van der Waals surface area contributed by atoms with Crippen LogP contribution in [-0.2, 0) is 19.5 Å². The highest BCUT2D eigenvalue weighted by Crippen LogP contribution is 2.35. The molecule has 206 valence electrons. The van der Waals surface area contributed by atoms with Crippen molar-refractivity contribution in [2.24, 2.45) is 0 Å². The van der Waals surface area contributed by atoms with Crippen molar-refractivity contribution in [1.82, 2.24) is 29.4 Å². The summed E-state index contributed by atoms with van der Waals surface area (Å²) in [6.45, 7) is 4.25. The maximum atomic E-state index is 13.7. The number of hydrogen-bond donors (Lipinski definition) is 1. The highest BCUT2D eigenvalue weighted by Gasteiger charge is 2.43. The number of halogens is 3. The second-order valence-electron chi connectivity index (χ2n) is 9.88. The fraction of sp³-hybridized carbons (Fsp3) is 0.591. The van der Waals surface area contributed by atoms with Crippen molar-refractivity contribution < 1.29 is 31.1 Å². The van der Waals surface area contributed by atoms with Crippen molar-refractivity contribution in [1.29, 1.82) is 0 Å². The largest absolute Gasteiger partial charge is 0.378 e. The van der Waals surface area contributed by atoms with Crippen LogP contribution in [0.1, 0.15) is 18.4 Å². The topological polar surface area (TPSA) is 114 Å². The zero-order valence-electron chi connectivity index (χ0n) is 20.4. The summed E-state index contributed by atoms with van der Waals surface area (Å²) in [5.41, 5.74) is -0.597. The van der Waals surface area contributed by atoms with Gasteiger partial charge in [0.25, 0.3) is 6.43 Å². The summed E-state index contributed by atoms with van der Waals surface area (Å²) in [5, 5.41) is 11.7. The van der Waals surface area contributed by atoms with Crippen LogP contribution in [0.15, 0.2) is 23.2 Å². The monoisotopic (exact) mass is 573 g/mol. The molecule has 6 heterocycles. The maximum absolute atomic E-state index is 13.7. The number of ether oxygens (including phenoxy) is 2. The molecule has 0 radical (unpaired) electrons. The summed E-state index contributed by atoms with van der Waals surface area (Å²) >= 11 is 0.716. The Balaban J connectivity index is 1.46. The number of aromatic nitrogens is 4. The van der Waals surface area contributed by atoms with Gasteiger partial charge in [-0.15, -0.1) is 10.2 Å². The summed E-state index contributed by atoms with van der Waals surface area (Å²) < 4.78 is 82.0. The van der Waals surface area contributed by atoms with Gasteiger partial charge in [-0.05, 0) is 13.0 Å². The Hall–Kier alpha value is -2.37. The Labute approximate surface area is 220 Å². The van der Waals surface area contributed by atoms with Gasteiger partial charge in [-0.2, -0.15) is 9.82 Å². The zero-order chi connectivity index (χ0) is 26.7. The van der Waals surface area contributed by atoms with E-state index in [9.17, 15) is 21.6 Å². The van der Waals surface area contributed by atoms with E-state index in [2.05, 4.69) is 31.8 Å². The molecule has 0 aliphatic carbocycles. The third-order valence-electron chi connectivity index (χ3n) is 7.18. The molecule has 0 amide bonds. The number of anilines is 1. The van der Waals surface area contributed by atoms with E-state index in [1.54, 1.807) is 4.52 Å². The number of nitrogens with one attached hydrogen (secondary N) is 1. The van der Waals surface area contributed by atoms with Crippen LogP contribution in [0.4, 0.5) is 19.0 Å². The number of nitrogens with zero attached hydrogens (tertiary/aromatic N) is 6. The van der Waals surface area contributed by atoms with Crippen molar-refractivity contribution in [3.05, 3.63) is 23.3 Å². The minimum Gasteiger partial charge on any atom is -0.378 e. The third kappa shape index (κ3) is 4.46. The highest BCUT2D eigenvalue weighted by molar-refractivity contribution is 7.89. The van der Waals surface area contributed by atoms with Crippen LogP contribution in [-0.4, -0.2) is 103 Å². The molecule has 0 saturated carbocycles. The van der Waals surface area contributed by atoms with Crippen LogP contribution >= 0.6 is 11.3 Å². The van der Waals surface area contributed by atoms with E-state index in [1.807, 2.05) is 4.90 Å². The number of pyridine rings is 1. The molecule has 3 aromatic rings. The number of sulfonamides is 1. The summed E-state index contributed by atoms with van der Waals surface area (Å²) in [4.78, 5) is 4.32. The van der Waals surface area contributed by atoms with Gasteiger partial charge >= 0.3 is 0 Å². The SMILES string of the molecule is C[C@H]1CN(c2cc(S(=O)(=O)NC3(CF)COC3)cc3c(-c4nnc(C(F)F)s4)cnn23)C[C@@H]2COCCN21. The summed E-state index contributed by atoms with van der Waals surface area (Å²) in [6, 6.07) is 3.18. The van der Waals surface area contributed by atoms with E-state index in [-0.39, 0.29) is 35.2 Å². The number of hydrogen-bond acceptors (Lipinski definition) is 10. The van der Waals surface area contributed by atoms with Crippen molar-refractivity contribution >= 4 is 32.7 Å². The average Bonchev–Trinajstić information content (AvgIpc) is 3.53. The lowest BCUT2D eigenvalue weighted by Gasteiger charge is -2.48. The molecule has 0 bridgehead atoms. The lowest BCUT2D eigenvalue weighted by atomic mass is 10.0. The molecule has 3 fully saturated rings. The molecule has 3 aromatic heterocycles. The molecular formula is C22H26F3N7O4S2. The Morgan fingerprint density at radius 3 is 2.74 bits per heavy atom. The van der Waals surface area contributed by atoms with Gasteiger partial charge in [0, 0.05) is 31.7 Å². The lowest BCUT2D eigenvalue weighted by molar-refractivity contribution is -0.0725. The first-order valence-corrected chi connectivity index (χ1v) is 14.4. The molecule has 6 rings (SSSR count). The number of fused-ring (bicyclic) bond motifs is 2. The van der Waals surface area contributed by atoms with E-state index in [0.29, 0.717) is 54.5 Å². The van der Waals surface area contributed by atoms with Gasteiger partial charge in [-0.3, -0.25) is 4.90 Å². The van der Waals surface area contributed by atoms with Gasteiger partial charge < -0.3 is 14.4 Å². The van der Waals surface area contributed by atoms with Crippen molar-refractivity contribution in [3.8, 4) is 10.6 Å². The fourth-order valence-electron chi connectivity index (χ4n) is 5.22. The summed E-state index contributed by atoms with van der Waals surface area (Å²) in [7, 11) is -4.19. The van der Waals surface area contributed by atoms with E-state index >= 15 is 0 Å². The van der Waals surface area contributed by atoms with Gasteiger partial charge in [-0.25, -0.2) is 26.1 Å². The molecule has 3 aliphatic rings. The first-order chi connectivity index (χ1) is 18.2. The van der Waals surface area contributed by atoms with E-state index in [1.165, 1.54) is 18.3 Å². The van der Waals surface area contributed by atoms with Gasteiger partial charge in [0.05, 0.1) is 54.6 Å². The molecule has 0 unspecified atom stereocenters. The van der Waals surface area contributed by atoms with Crippen molar-refractivity contribution in [2.75, 3.05) is 57.6 Å². The normalized spacial score (nSPS) is 24.1. The van der Waals surface area contributed by atoms with Gasteiger partial charge in [0.1, 0.15) is 18.0 Å². The first kappa shape index (κ1) is 25.9. The molecule has 11 nitrogen and oxygen atoms in total. The summed E-state index contributed by atoms with van der Waals surface area (Å²) in [5.74, 6) is 0.504. The minimum absolute atomic E-state index is 0.0713. The molecular weight excluding hydrogens is 547 g/mol. The Morgan fingerprint density at radius 2 is 2.05 bits per heavy atom. The highest BCUT2D eigenvalue weighted by atomic mass is 32.2. The predicted molar refractivity (Wildman–Crippen MR) is 132 cm³/mol. The molecule has 2 atom stereocenters. The smallest absolute Gasteiger partial charge is 0.291 e. The Kier molecular flexibility index (Phi) is 6.59. The Morgan fingerprint density at radius 1 is 1.24 bits per heavy atom. The van der Waals surface area contributed by atoms with Crippen LogP contribution in [0.25, 0.3) is 16.1 Å². The summed E-state index contributed by atoms with van der Waals surface area (Å²) in [6.07, 6.45) is -1.32. The fourth-order valence-corrected chi connectivity index (χ4v) is 7.33. The van der Waals surface area contributed by atoms with Crippen LogP contribution < -0.4 is 9.62 Å². The van der Waals surface area contributed by atoms with Crippen LogP contribution in [0.3, 0.4) is 0 Å². The number of alkyl halides is 3. The molecule has 3 aliphatic heterocycles. The second kappa shape index (κ2) is 9.67. The first-order valence-electron chi connectivity index (χ1n) is 12.1. The van der Waals surface area contributed by atoms with E-state index in [4.69, 9.17) is 9.47 Å². The zero-order valence-corrected chi connectivity index (χ0v) is 22.0. The number of morpholine rings is 1. The van der Waals surface area contributed by atoms with E-state index < -0.39 is 33.7 Å². The number of rotatable bonds is 7.